The highest BCUT2D eigenvalue weighted by Gasteiger charge is 2.13. The lowest BCUT2D eigenvalue weighted by Crippen LogP contribution is -1.97. The third-order valence-corrected chi connectivity index (χ3v) is 4.02. The number of aromatic nitrogens is 1. The van der Waals surface area contributed by atoms with Gasteiger partial charge in [0, 0.05) is 23.8 Å². The number of benzene rings is 1. The Morgan fingerprint density at radius 1 is 1.30 bits per heavy atom. The molecule has 0 aliphatic carbocycles. The van der Waals surface area contributed by atoms with E-state index in [0.29, 0.717) is 12.5 Å². The van der Waals surface area contributed by atoms with E-state index >= 15 is 0 Å². The molecule has 0 N–H and O–H groups in total. The summed E-state index contributed by atoms with van der Waals surface area (Å²) in [6.07, 6.45) is 1.48. The maximum Gasteiger partial charge on any atom is 0.213 e. The number of hydrogen-bond donors (Lipinski definition) is 0. The van der Waals surface area contributed by atoms with E-state index in [1.807, 2.05) is 12.1 Å². The van der Waals surface area contributed by atoms with E-state index in [0.717, 1.165) is 21.2 Å². The van der Waals surface area contributed by atoms with Crippen LogP contribution in [0.25, 0.3) is 11.1 Å². The van der Waals surface area contributed by atoms with E-state index in [4.69, 9.17) is 4.74 Å². The predicted molar refractivity (Wildman–Crippen MR) is 82.1 cm³/mol. The third kappa shape index (κ3) is 3.25. The van der Waals surface area contributed by atoms with Crippen molar-refractivity contribution in [1.82, 2.24) is 4.98 Å². The van der Waals surface area contributed by atoms with Crippen molar-refractivity contribution in [3.8, 4) is 11.1 Å². The molecule has 2 rings (SSSR count). The highest BCUT2D eigenvalue weighted by Crippen LogP contribution is 2.36. The summed E-state index contributed by atoms with van der Waals surface area (Å²) in [7, 11) is 1.67. The van der Waals surface area contributed by atoms with Crippen molar-refractivity contribution in [2.45, 2.75) is 26.4 Å². The zero-order valence-corrected chi connectivity index (χ0v) is 13.4. The van der Waals surface area contributed by atoms with E-state index in [1.165, 1.54) is 17.8 Å². The molecule has 1 aromatic carbocycles. The van der Waals surface area contributed by atoms with Gasteiger partial charge in [-0.3, -0.25) is 0 Å². The monoisotopic (exact) mass is 337 g/mol. The van der Waals surface area contributed by atoms with Crippen LogP contribution in [0.3, 0.4) is 0 Å². The predicted octanol–water partition coefficient (Wildman–Crippen LogP) is 4.92. The molecule has 2 aromatic rings. The van der Waals surface area contributed by atoms with Crippen LogP contribution in [0.2, 0.25) is 0 Å². The summed E-state index contributed by atoms with van der Waals surface area (Å²) in [6, 6.07) is 7.40. The molecule has 0 saturated heterocycles. The van der Waals surface area contributed by atoms with Gasteiger partial charge in [-0.15, -0.1) is 0 Å². The molecule has 0 unspecified atom stereocenters. The first-order chi connectivity index (χ1) is 9.52. The fourth-order valence-electron chi connectivity index (χ4n) is 2.16. The SMILES string of the molecule is COCc1cc(-c2ccnc(F)c2)c(Br)c(C(C)C)c1. The van der Waals surface area contributed by atoms with E-state index < -0.39 is 5.95 Å². The lowest BCUT2D eigenvalue weighted by Gasteiger charge is -2.16. The minimum Gasteiger partial charge on any atom is -0.380 e. The smallest absolute Gasteiger partial charge is 0.213 e. The van der Waals surface area contributed by atoms with Gasteiger partial charge < -0.3 is 4.74 Å². The number of rotatable bonds is 4. The van der Waals surface area contributed by atoms with Crippen LogP contribution in [0.15, 0.2) is 34.9 Å². The summed E-state index contributed by atoms with van der Waals surface area (Å²) in [5, 5.41) is 0. The van der Waals surface area contributed by atoms with Crippen LogP contribution in [0.5, 0.6) is 0 Å². The molecule has 0 amide bonds. The molecule has 1 heterocycles. The van der Waals surface area contributed by atoms with Crippen molar-refractivity contribution in [2.24, 2.45) is 0 Å². The van der Waals surface area contributed by atoms with Crippen molar-refractivity contribution in [1.29, 1.82) is 0 Å². The number of nitrogens with zero attached hydrogens (tertiary/aromatic N) is 1. The first kappa shape index (κ1) is 15.1. The number of ether oxygens (including phenoxy) is 1. The van der Waals surface area contributed by atoms with Crippen LogP contribution in [0.1, 0.15) is 30.9 Å². The zero-order valence-electron chi connectivity index (χ0n) is 11.8. The summed E-state index contributed by atoms with van der Waals surface area (Å²) in [5.41, 5.74) is 4.03. The zero-order chi connectivity index (χ0) is 14.7. The molecule has 0 atom stereocenters. The molecular formula is C16H17BrFNO. The van der Waals surface area contributed by atoms with E-state index in [9.17, 15) is 4.39 Å². The molecule has 0 radical (unpaired) electrons. The molecule has 0 saturated carbocycles. The molecule has 0 fully saturated rings. The first-order valence-corrected chi connectivity index (χ1v) is 7.25. The van der Waals surface area contributed by atoms with Crippen LogP contribution in [-0.2, 0) is 11.3 Å². The van der Waals surface area contributed by atoms with Gasteiger partial charge in [-0.05, 0) is 56.2 Å². The van der Waals surface area contributed by atoms with Crippen LogP contribution >= 0.6 is 15.9 Å². The van der Waals surface area contributed by atoms with E-state index in [1.54, 1.807) is 7.11 Å². The van der Waals surface area contributed by atoms with Crippen LogP contribution in [0.4, 0.5) is 4.39 Å². The molecule has 0 aliphatic rings. The van der Waals surface area contributed by atoms with Gasteiger partial charge in [0.05, 0.1) is 6.61 Å². The van der Waals surface area contributed by atoms with Gasteiger partial charge in [-0.1, -0.05) is 19.9 Å². The molecule has 1 aromatic heterocycles. The fourth-order valence-corrected chi connectivity index (χ4v) is 3.07. The topological polar surface area (TPSA) is 22.1 Å². The molecule has 2 nitrogen and oxygen atoms in total. The average Bonchev–Trinajstić information content (AvgIpc) is 2.40. The average molecular weight is 338 g/mol. The Balaban J connectivity index is 2.61. The molecule has 0 bridgehead atoms. The molecule has 0 aliphatic heterocycles. The minimum absolute atomic E-state index is 0.367. The fraction of sp³-hybridized carbons (Fsp3) is 0.312. The highest BCUT2D eigenvalue weighted by atomic mass is 79.9. The summed E-state index contributed by atoms with van der Waals surface area (Å²) < 4.78 is 19.6. The number of pyridine rings is 1. The molecule has 0 spiro atoms. The lowest BCUT2D eigenvalue weighted by molar-refractivity contribution is 0.185. The molecule has 4 heteroatoms. The van der Waals surface area contributed by atoms with Gasteiger partial charge in [0.1, 0.15) is 0 Å². The summed E-state index contributed by atoms with van der Waals surface area (Å²) >= 11 is 3.64. The number of methoxy groups -OCH3 is 1. The largest absolute Gasteiger partial charge is 0.380 e. The standard InChI is InChI=1S/C16H17BrFNO/c1-10(2)13-6-11(9-20-3)7-14(16(13)17)12-4-5-19-15(18)8-12/h4-8,10H,9H2,1-3H3. The number of hydrogen-bond acceptors (Lipinski definition) is 2. The quantitative estimate of drug-likeness (QED) is 0.738. The summed E-state index contributed by atoms with van der Waals surface area (Å²) in [4.78, 5) is 3.60. The Kier molecular flexibility index (Phi) is 4.89. The Morgan fingerprint density at radius 2 is 2.05 bits per heavy atom. The van der Waals surface area contributed by atoms with Gasteiger partial charge in [0.15, 0.2) is 0 Å². The first-order valence-electron chi connectivity index (χ1n) is 6.46. The highest BCUT2D eigenvalue weighted by molar-refractivity contribution is 9.10. The van der Waals surface area contributed by atoms with Gasteiger partial charge >= 0.3 is 0 Å². The Morgan fingerprint density at radius 3 is 2.65 bits per heavy atom. The van der Waals surface area contributed by atoms with Gasteiger partial charge in [0.25, 0.3) is 0 Å². The summed E-state index contributed by atoms with van der Waals surface area (Å²) in [6.45, 7) is 4.80. The number of halogens is 2. The van der Waals surface area contributed by atoms with Crippen LogP contribution < -0.4 is 0 Å². The van der Waals surface area contributed by atoms with Crippen molar-refractivity contribution >= 4 is 15.9 Å². The Bertz CT molecular complexity index is 613. The van der Waals surface area contributed by atoms with E-state index in [-0.39, 0.29) is 0 Å². The normalized spacial score (nSPS) is 11.1. The Hall–Kier alpha value is -1.26. The van der Waals surface area contributed by atoms with Crippen LogP contribution in [0, 0.1) is 5.95 Å². The van der Waals surface area contributed by atoms with Crippen molar-refractivity contribution < 1.29 is 9.13 Å². The van der Waals surface area contributed by atoms with Crippen LogP contribution in [-0.4, -0.2) is 12.1 Å². The lowest BCUT2D eigenvalue weighted by atomic mass is 9.95. The molecule has 106 valence electrons. The second-order valence-corrected chi connectivity index (χ2v) is 5.79. The second-order valence-electron chi connectivity index (χ2n) is 5.00. The van der Waals surface area contributed by atoms with Gasteiger partial charge in [0.2, 0.25) is 5.95 Å². The maximum atomic E-state index is 13.3. The second kappa shape index (κ2) is 6.46. The van der Waals surface area contributed by atoms with Crippen molar-refractivity contribution in [3.05, 3.63) is 52.0 Å². The Labute approximate surface area is 127 Å². The van der Waals surface area contributed by atoms with Crippen molar-refractivity contribution in [3.63, 3.8) is 0 Å². The molecular weight excluding hydrogens is 321 g/mol. The van der Waals surface area contributed by atoms with E-state index in [2.05, 4.69) is 40.8 Å². The maximum absolute atomic E-state index is 13.3. The van der Waals surface area contributed by atoms with Gasteiger partial charge in [-0.25, -0.2) is 4.98 Å². The third-order valence-electron chi connectivity index (χ3n) is 3.13. The van der Waals surface area contributed by atoms with Gasteiger partial charge in [-0.2, -0.15) is 4.39 Å². The van der Waals surface area contributed by atoms with Crippen molar-refractivity contribution in [2.75, 3.05) is 7.11 Å². The minimum atomic E-state index is -0.474. The molecule has 20 heavy (non-hydrogen) atoms. The summed E-state index contributed by atoms with van der Waals surface area (Å²) in [5.74, 6) is -0.107.